The van der Waals surface area contributed by atoms with Crippen molar-refractivity contribution < 1.29 is 14.1 Å². The van der Waals surface area contributed by atoms with Gasteiger partial charge in [-0.1, -0.05) is 48.2 Å². The summed E-state index contributed by atoms with van der Waals surface area (Å²) in [6.45, 7) is 2.44. The Morgan fingerprint density at radius 3 is 2.76 bits per heavy atom. The fourth-order valence-electron chi connectivity index (χ4n) is 3.44. The molecule has 0 bridgehead atoms. The minimum Gasteiger partial charge on any atom is -0.459 e. The molecule has 0 spiro atoms. The SMILES string of the molecule is CC(=O)OCC[n+]1ccc(C=CC=C2Sc3ccccc3N2C)c2ccccc21. The maximum absolute atomic E-state index is 11.0. The highest BCUT2D eigenvalue weighted by molar-refractivity contribution is 8.03. The fourth-order valence-corrected chi connectivity index (χ4v) is 4.50. The molecule has 0 saturated heterocycles. The van der Waals surface area contributed by atoms with E-state index in [0.29, 0.717) is 13.2 Å². The number of ether oxygens (including phenoxy) is 1. The van der Waals surface area contributed by atoms with E-state index in [-0.39, 0.29) is 5.97 Å². The molecule has 0 saturated carbocycles. The highest BCUT2D eigenvalue weighted by Gasteiger charge is 2.20. The van der Waals surface area contributed by atoms with E-state index < -0.39 is 0 Å². The zero-order valence-electron chi connectivity index (χ0n) is 16.5. The number of thioether (sulfide) groups is 1. The number of aromatic nitrogens is 1. The minimum atomic E-state index is -0.251. The third-order valence-electron chi connectivity index (χ3n) is 4.88. The second-order valence-electron chi connectivity index (χ2n) is 6.81. The van der Waals surface area contributed by atoms with Gasteiger partial charge in [-0.3, -0.25) is 4.79 Å². The molecule has 0 fully saturated rings. The first-order valence-electron chi connectivity index (χ1n) is 9.57. The third kappa shape index (κ3) is 4.20. The van der Waals surface area contributed by atoms with Crippen LogP contribution in [0, 0.1) is 0 Å². The van der Waals surface area contributed by atoms with Crippen LogP contribution in [0.1, 0.15) is 12.5 Å². The molecule has 0 aliphatic carbocycles. The third-order valence-corrected chi connectivity index (χ3v) is 6.07. The fraction of sp³-hybridized carbons (Fsp3) is 0.167. The summed E-state index contributed by atoms with van der Waals surface area (Å²) < 4.78 is 7.21. The zero-order valence-corrected chi connectivity index (χ0v) is 17.4. The van der Waals surface area contributed by atoms with E-state index in [0.717, 1.165) is 11.1 Å². The first-order valence-corrected chi connectivity index (χ1v) is 10.4. The number of fused-ring (bicyclic) bond motifs is 2. The monoisotopic (exact) mass is 403 g/mol. The average Bonchev–Trinajstić information content (AvgIpc) is 3.05. The van der Waals surface area contributed by atoms with E-state index in [1.165, 1.54) is 27.9 Å². The van der Waals surface area contributed by atoms with Crippen LogP contribution in [-0.4, -0.2) is 19.6 Å². The number of carbonyl (C=O) groups excluding carboxylic acids is 1. The number of hydrogen-bond acceptors (Lipinski definition) is 4. The number of esters is 1. The van der Waals surface area contributed by atoms with Gasteiger partial charge in [0.05, 0.1) is 16.1 Å². The largest absolute Gasteiger partial charge is 0.459 e. The maximum atomic E-state index is 11.0. The summed E-state index contributed by atoms with van der Waals surface area (Å²) in [4.78, 5) is 14.5. The van der Waals surface area contributed by atoms with Crippen molar-refractivity contribution >= 4 is 40.4 Å². The van der Waals surface area contributed by atoms with Crippen LogP contribution in [0.5, 0.6) is 0 Å². The molecule has 0 atom stereocenters. The molecule has 1 aromatic heterocycles. The van der Waals surface area contributed by atoms with Crippen LogP contribution >= 0.6 is 11.8 Å². The highest BCUT2D eigenvalue weighted by Crippen LogP contribution is 2.44. The molecule has 2 aromatic carbocycles. The second kappa shape index (κ2) is 8.53. The molecule has 146 valence electrons. The number of anilines is 1. The lowest BCUT2D eigenvalue weighted by molar-refractivity contribution is -0.672. The highest BCUT2D eigenvalue weighted by atomic mass is 32.2. The van der Waals surface area contributed by atoms with E-state index in [1.54, 1.807) is 11.8 Å². The summed E-state index contributed by atoms with van der Waals surface area (Å²) in [6.07, 6.45) is 8.45. The van der Waals surface area contributed by atoms with Gasteiger partial charge < -0.3 is 9.64 Å². The zero-order chi connectivity index (χ0) is 20.2. The quantitative estimate of drug-likeness (QED) is 0.453. The van der Waals surface area contributed by atoms with Gasteiger partial charge in [-0.05, 0) is 29.8 Å². The molecule has 5 heteroatoms. The Hall–Kier alpha value is -3.05. The van der Waals surface area contributed by atoms with Gasteiger partial charge in [0.15, 0.2) is 19.3 Å². The molecular weight excluding hydrogens is 380 g/mol. The summed E-state index contributed by atoms with van der Waals surface area (Å²) >= 11 is 1.79. The van der Waals surface area contributed by atoms with Crippen LogP contribution in [0.2, 0.25) is 0 Å². The molecule has 0 radical (unpaired) electrons. The van der Waals surface area contributed by atoms with E-state index in [4.69, 9.17) is 4.74 Å². The van der Waals surface area contributed by atoms with Crippen LogP contribution in [-0.2, 0) is 16.1 Å². The van der Waals surface area contributed by atoms with Crippen molar-refractivity contribution in [3.8, 4) is 0 Å². The second-order valence-corrected chi connectivity index (χ2v) is 7.88. The van der Waals surface area contributed by atoms with Crippen molar-refractivity contribution in [3.05, 3.63) is 83.5 Å². The van der Waals surface area contributed by atoms with Gasteiger partial charge in [-0.25, -0.2) is 0 Å². The number of allylic oxidation sites excluding steroid dienone is 2. The Morgan fingerprint density at radius 1 is 1.14 bits per heavy atom. The van der Waals surface area contributed by atoms with Crippen LogP contribution in [0.3, 0.4) is 0 Å². The summed E-state index contributed by atoms with van der Waals surface area (Å²) in [5, 5.41) is 2.38. The Balaban J connectivity index is 1.57. The van der Waals surface area contributed by atoms with E-state index >= 15 is 0 Å². The molecular formula is C24H23N2O2S+. The molecule has 0 unspecified atom stereocenters. The van der Waals surface area contributed by atoms with Crippen molar-refractivity contribution in [1.29, 1.82) is 0 Å². The van der Waals surface area contributed by atoms with Crippen molar-refractivity contribution in [3.63, 3.8) is 0 Å². The Kier molecular flexibility index (Phi) is 5.67. The number of nitrogens with zero attached hydrogens (tertiary/aromatic N) is 2. The van der Waals surface area contributed by atoms with E-state index in [9.17, 15) is 4.79 Å². The standard InChI is InChI=1S/C24H23N2O2S/c1-18(27)28-17-16-26-15-14-19(20-9-3-4-10-21(20)26)8-7-13-24-25(2)22-11-5-6-12-23(22)29-24/h3-15H,16-17H2,1-2H3/q+1. The molecule has 4 nitrogen and oxygen atoms in total. The van der Waals surface area contributed by atoms with E-state index in [2.05, 4.69) is 77.2 Å². The summed E-state index contributed by atoms with van der Waals surface area (Å²) in [6, 6.07) is 18.8. The molecule has 29 heavy (non-hydrogen) atoms. The van der Waals surface area contributed by atoms with Gasteiger partial charge >= 0.3 is 5.97 Å². The maximum Gasteiger partial charge on any atom is 0.302 e. The number of carbonyl (C=O) groups is 1. The lowest BCUT2D eigenvalue weighted by Gasteiger charge is -2.12. The molecule has 0 N–H and O–H groups in total. The smallest absolute Gasteiger partial charge is 0.302 e. The summed E-state index contributed by atoms with van der Waals surface area (Å²) in [7, 11) is 2.10. The normalized spacial score (nSPS) is 14.7. The Labute approximate surface area is 175 Å². The minimum absolute atomic E-state index is 0.251. The molecule has 2 heterocycles. The van der Waals surface area contributed by atoms with Gasteiger partial charge in [-0.15, -0.1) is 0 Å². The first-order chi connectivity index (χ1) is 14.1. The predicted molar refractivity (Wildman–Crippen MR) is 119 cm³/mol. The summed E-state index contributed by atoms with van der Waals surface area (Å²) in [5.74, 6) is -0.251. The molecule has 3 aromatic rings. The topological polar surface area (TPSA) is 33.4 Å². The van der Waals surface area contributed by atoms with Crippen molar-refractivity contribution in [2.45, 2.75) is 18.4 Å². The summed E-state index contributed by atoms with van der Waals surface area (Å²) in [5.41, 5.74) is 3.52. The lowest BCUT2D eigenvalue weighted by Crippen LogP contribution is -2.36. The van der Waals surface area contributed by atoms with Gasteiger partial charge in [0, 0.05) is 31.0 Å². The van der Waals surface area contributed by atoms with Gasteiger partial charge in [0.25, 0.3) is 0 Å². The molecule has 1 aliphatic rings. The number of rotatable bonds is 5. The van der Waals surface area contributed by atoms with Crippen molar-refractivity contribution in [1.82, 2.24) is 0 Å². The molecule has 4 rings (SSSR count). The van der Waals surface area contributed by atoms with Crippen LogP contribution in [0.25, 0.3) is 17.0 Å². The van der Waals surface area contributed by atoms with Crippen LogP contribution < -0.4 is 9.47 Å². The molecule has 0 amide bonds. The van der Waals surface area contributed by atoms with E-state index in [1.807, 2.05) is 18.3 Å². The number of pyridine rings is 1. The van der Waals surface area contributed by atoms with Crippen LogP contribution in [0.4, 0.5) is 5.69 Å². The van der Waals surface area contributed by atoms with Gasteiger partial charge in [0.2, 0.25) is 5.52 Å². The Bertz CT molecular complexity index is 1120. The number of benzene rings is 2. The predicted octanol–water partition coefficient (Wildman–Crippen LogP) is 4.79. The van der Waals surface area contributed by atoms with Crippen molar-refractivity contribution in [2.24, 2.45) is 0 Å². The number of para-hydroxylation sites is 2. The lowest BCUT2D eigenvalue weighted by atomic mass is 10.1. The van der Waals surface area contributed by atoms with Crippen molar-refractivity contribution in [2.75, 3.05) is 18.6 Å². The Morgan fingerprint density at radius 2 is 1.93 bits per heavy atom. The average molecular weight is 404 g/mol. The molecule has 1 aliphatic heterocycles. The van der Waals surface area contributed by atoms with Crippen LogP contribution in [0.15, 0.2) is 82.9 Å². The number of hydrogen-bond donors (Lipinski definition) is 0. The first kappa shape index (κ1) is 19.3. The van der Waals surface area contributed by atoms with Gasteiger partial charge in [0.1, 0.15) is 0 Å². The van der Waals surface area contributed by atoms with Gasteiger partial charge in [-0.2, -0.15) is 4.57 Å².